The first kappa shape index (κ1) is 13.9. The molecular weight excluding hydrogens is 220 g/mol. The Labute approximate surface area is 104 Å². The van der Waals surface area contributed by atoms with Gasteiger partial charge in [0.25, 0.3) is 0 Å². The van der Waals surface area contributed by atoms with Gasteiger partial charge in [0.05, 0.1) is 13.0 Å². The van der Waals surface area contributed by atoms with Crippen molar-refractivity contribution in [1.29, 1.82) is 0 Å². The second-order valence-electron chi connectivity index (χ2n) is 4.47. The number of carbonyl (C=O) groups is 1. The summed E-state index contributed by atoms with van der Waals surface area (Å²) < 4.78 is 4.93. The quantitative estimate of drug-likeness (QED) is 0.480. The van der Waals surface area contributed by atoms with Crippen LogP contribution in [0.2, 0.25) is 0 Å². The maximum absolute atomic E-state index is 11.0. The number of hydrogen-bond donors (Lipinski definition) is 0. The molecule has 0 aromatic carbocycles. The third-order valence-corrected chi connectivity index (χ3v) is 4.35. The minimum atomic E-state index is -0.00769. The number of unbranched alkanes of at least 4 members (excludes halogenated alkanes) is 5. The summed E-state index contributed by atoms with van der Waals surface area (Å²) in [7, 11) is 0. The Balaban J connectivity index is 1.88. The highest BCUT2D eigenvalue weighted by Gasteiger charge is 2.20. The lowest BCUT2D eigenvalue weighted by atomic mass is 10.1. The molecule has 1 fully saturated rings. The average Bonchev–Trinajstić information content (AvgIpc) is 2.28. The highest BCUT2D eigenvalue weighted by atomic mass is 32.2. The highest BCUT2D eigenvalue weighted by Crippen LogP contribution is 2.23. The lowest BCUT2D eigenvalue weighted by molar-refractivity contribution is -0.146. The maximum Gasteiger partial charge on any atom is 0.306 e. The molecule has 1 unspecified atom stereocenters. The standard InChI is InChI=1S/C13H24O2S/c1-2-3-4-5-6-7-10-16-12-8-9-15-13(14)11-12/h12H,2-11H2,1H3. The molecule has 0 N–H and O–H groups in total. The molecule has 3 heteroatoms. The first-order chi connectivity index (χ1) is 7.83. The van der Waals surface area contributed by atoms with Crippen molar-refractivity contribution in [3.05, 3.63) is 0 Å². The van der Waals surface area contributed by atoms with Gasteiger partial charge >= 0.3 is 5.97 Å². The van der Waals surface area contributed by atoms with Crippen LogP contribution in [0.3, 0.4) is 0 Å². The number of rotatable bonds is 8. The van der Waals surface area contributed by atoms with Crippen LogP contribution in [0, 0.1) is 0 Å². The Morgan fingerprint density at radius 3 is 2.75 bits per heavy atom. The molecular formula is C13H24O2S. The molecule has 1 saturated heterocycles. The zero-order valence-corrected chi connectivity index (χ0v) is 11.2. The lowest BCUT2D eigenvalue weighted by Crippen LogP contribution is -2.22. The van der Waals surface area contributed by atoms with Crippen molar-refractivity contribution < 1.29 is 9.53 Å². The number of hydrogen-bond acceptors (Lipinski definition) is 3. The molecule has 1 aliphatic rings. The van der Waals surface area contributed by atoms with E-state index in [1.165, 1.54) is 44.3 Å². The van der Waals surface area contributed by atoms with Crippen molar-refractivity contribution in [2.24, 2.45) is 0 Å². The van der Waals surface area contributed by atoms with Crippen LogP contribution >= 0.6 is 11.8 Å². The van der Waals surface area contributed by atoms with Crippen molar-refractivity contribution in [3.63, 3.8) is 0 Å². The second kappa shape index (κ2) is 8.91. The van der Waals surface area contributed by atoms with Gasteiger partial charge < -0.3 is 4.74 Å². The molecule has 94 valence electrons. The molecule has 0 saturated carbocycles. The summed E-state index contributed by atoms with van der Waals surface area (Å²) in [4.78, 5) is 11.0. The van der Waals surface area contributed by atoms with Gasteiger partial charge in [-0.3, -0.25) is 4.79 Å². The van der Waals surface area contributed by atoms with Crippen LogP contribution in [0.5, 0.6) is 0 Å². The third-order valence-electron chi connectivity index (χ3n) is 2.95. The van der Waals surface area contributed by atoms with Gasteiger partial charge in [0.15, 0.2) is 0 Å². The van der Waals surface area contributed by atoms with E-state index in [1.807, 2.05) is 11.8 Å². The smallest absolute Gasteiger partial charge is 0.306 e. The van der Waals surface area contributed by atoms with Crippen LogP contribution in [0.1, 0.15) is 58.3 Å². The Morgan fingerprint density at radius 1 is 1.25 bits per heavy atom. The van der Waals surface area contributed by atoms with E-state index in [0.717, 1.165) is 6.42 Å². The lowest BCUT2D eigenvalue weighted by Gasteiger charge is -2.20. The number of cyclic esters (lactones) is 1. The van der Waals surface area contributed by atoms with Gasteiger partial charge in [0, 0.05) is 5.25 Å². The summed E-state index contributed by atoms with van der Waals surface area (Å²) >= 11 is 1.96. The van der Waals surface area contributed by atoms with Gasteiger partial charge in [0.1, 0.15) is 0 Å². The number of ether oxygens (including phenoxy) is 1. The van der Waals surface area contributed by atoms with Crippen molar-refractivity contribution in [1.82, 2.24) is 0 Å². The van der Waals surface area contributed by atoms with E-state index in [4.69, 9.17) is 4.74 Å². The van der Waals surface area contributed by atoms with Crippen molar-refractivity contribution in [3.8, 4) is 0 Å². The zero-order chi connectivity index (χ0) is 11.6. The SMILES string of the molecule is CCCCCCCCSC1CCOC(=O)C1. The van der Waals surface area contributed by atoms with Crippen LogP contribution < -0.4 is 0 Å². The van der Waals surface area contributed by atoms with Gasteiger partial charge in [-0.1, -0.05) is 39.0 Å². The molecule has 0 aromatic rings. The Bertz CT molecular complexity index is 194. The molecule has 0 amide bonds. The van der Waals surface area contributed by atoms with Crippen LogP contribution in [0.25, 0.3) is 0 Å². The molecule has 1 aliphatic heterocycles. The van der Waals surface area contributed by atoms with Gasteiger partial charge in [-0.05, 0) is 18.6 Å². The van der Waals surface area contributed by atoms with Crippen LogP contribution in [-0.2, 0) is 9.53 Å². The monoisotopic (exact) mass is 244 g/mol. The molecule has 2 nitrogen and oxygen atoms in total. The summed E-state index contributed by atoms with van der Waals surface area (Å²) in [5, 5.41) is 0.525. The van der Waals surface area contributed by atoms with Gasteiger partial charge in [0.2, 0.25) is 0 Å². The minimum Gasteiger partial charge on any atom is -0.466 e. The molecule has 1 rings (SSSR count). The molecule has 0 bridgehead atoms. The number of thioether (sulfide) groups is 1. The topological polar surface area (TPSA) is 26.3 Å². The van der Waals surface area contributed by atoms with Gasteiger partial charge in [-0.25, -0.2) is 0 Å². The number of carbonyl (C=O) groups excluding carboxylic acids is 1. The molecule has 0 aromatic heterocycles. The predicted molar refractivity (Wildman–Crippen MR) is 69.8 cm³/mol. The Kier molecular flexibility index (Phi) is 7.73. The summed E-state index contributed by atoms with van der Waals surface area (Å²) in [6.45, 7) is 2.88. The minimum absolute atomic E-state index is 0.00769. The molecule has 16 heavy (non-hydrogen) atoms. The third kappa shape index (κ3) is 6.41. The van der Waals surface area contributed by atoms with Crippen molar-refractivity contribution in [2.75, 3.05) is 12.4 Å². The highest BCUT2D eigenvalue weighted by molar-refractivity contribution is 7.99. The Morgan fingerprint density at radius 2 is 2.00 bits per heavy atom. The average molecular weight is 244 g/mol. The second-order valence-corrected chi connectivity index (χ2v) is 5.88. The molecule has 0 radical (unpaired) electrons. The molecule has 0 spiro atoms. The fourth-order valence-electron chi connectivity index (χ4n) is 1.93. The predicted octanol–water partition coefficient (Wildman–Crippen LogP) is 3.79. The van der Waals surface area contributed by atoms with Crippen LogP contribution in [0.4, 0.5) is 0 Å². The summed E-state index contributed by atoms with van der Waals surface area (Å²) in [5.41, 5.74) is 0. The molecule has 1 heterocycles. The molecule has 0 aliphatic carbocycles. The maximum atomic E-state index is 11.0. The first-order valence-electron chi connectivity index (χ1n) is 6.60. The summed E-state index contributed by atoms with van der Waals surface area (Å²) in [5.74, 6) is 1.20. The summed E-state index contributed by atoms with van der Waals surface area (Å²) in [6.07, 6.45) is 9.79. The van der Waals surface area contributed by atoms with Crippen LogP contribution in [0.15, 0.2) is 0 Å². The van der Waals surface area contributed by atoms with E-state index >= 15 is 0 Å². The van der Waals surface area contributed by atoms with E-state index < -0.39 is 0 Å². The summed E-state index contributed by atoms with van der Waals surface area (Å²) in [6, 6.07) is 0. The van der Waals surface area contributed by atoms with E-state index in [1.54, 1.807) is 0 Å². The first-order valence-corrected chi connectivity index (χ1v) is 7.65. The zero-order valence-electron chi connectivity index (χ0n) is 10.4. The van der Waals surface area contributed by atoms with Crippen LogP contribution in [-0.4, -0.2) is 23.6 Å². The van der Waals surface area contributed by atoms with Gasteiger partial charge in [-0.2, -0.15) is 11.8 Å². The van der Waals surface area contributed by atoms with Crippen molar-refractivity contribution in [2.45, 2.75) is 63.5 Å². The van der Waals surface area contributed by atoms with E-state index in [-0.39, 0.29) is 5.97 Å². The fraction of sp³-hybridized carbons (Fsp3) is 0.923. The molecule has 1 atom stereocenters. The Hall–Kier alpha value is -0.180. The fourth-order valence-corrected chi connectivity index (χ4v) is 3.15. The van der Waals surface area contributed by atoms with E-state index in [0.29, 0.717) is 18.3 Å². The van der Waals surface area contributed by atoms with E-state index in [2.05, 4.69) is 6.92 Å². The van der Waals surface area contributed by atoms with E-state index in [9.17, 15) is 4.79 Å². The number of esters is 1. The normalized spacial score (nSPS) is 20.8. The van der Waals surface area contributed by atoms with Gasteiger partial charge in [-0.15, -0.1) is 0 Å². The van der Waals surface area contributed by atoms with Crippen molar-refractivity contribution >= 4 is 17.7 Å². The largest absolute Gasteiger partial charge is 0.466 e.